The Balaban J connectivity index is 0.00000312. The monoisotopic (exact) mass is 498 g/mol. The average Bonchev–Trinajstić information content (AvgIpc) is 2.54. The molecule has 2 rings (SSSR count). The van der Waals surface area contributed by atoms with Crippen LogP contribution < -0.4 is 10.6 Å². The summed E-state index contributed by atoms with van der Waals surface area (Å²) in [6.45, 7) is 1.25. The number of hydrogen-bond acceptors (Lipinski definition) is 3. The fourth-order valence-electron chi connectivity index (χ4n) is 2.40. The van der Waals surface area contributed by atoms with Gasteiger partial charge in [0.05, 0.1) is 0 Å². The number of halogens is 3. The lowest BCUT2D eigenvalue weighted by atomic mass is 10.1. The van der Waals surface area contributed by atoms with Crippen LogP contribution in [-0.4, -0.2) is 42.8 Å². The van der Waals surface area contributed by atoms with E-state index in [4.69, 9.17) is 23.2 Å². The molecular formula is C16H21Cl2IN4O2. The lowest BCUT2D eigenvalue weighted by molar-refractivity contribution is -0.147. The molecule has 1 aromatic rings. The summed E-state index contributed by atoms with van der Waals surface area (Å²) in [5, 5.41) is 7.38. The van der Waals surface area contributed by atoms with E-state index in [1.807, 2.05) is 6.07 Å². The van der Waals surface area contributed by atoms with Gasteiger partial charge in [-0.1, -0.05) is 29.3 Å². The second-order valence-corrected chi connectivity index (χ2v) is 6.22. The smallest absolute Gasteiger partial charge is 0.229 e. The third-order valence-electron chi connectivity index (χ3n) is 3.70. The van der Waals surface area contributed by atoms with Crippen molar-refractivity contribution in [3.8, 4) is 0 Å². The van der Waals surface area contributed by atoms with Crippen LogP contribution in [0.25, 0.3) is 0 Å². The molecule has 2 amide bonds. The highest BCUT2D eigenvalue weighted by Crippen LogP contribution is 2.20. The minimum Gasteiger partial charge on any atom is -0.355 e. The van der Waals surface area contributed by atoms with E-state index in [0.717, 1.165) is 5.56 Å². The first-order valence-electron chi connectivity index (χ1n) is 7.73. The summed E-state index contributed by atoms with van der Waals surface area (Å²) in [5.41, 5.74) is 0.894. The Morgan fingerprint density at radius 1 is 1.20 bits per heavy atom. The molecule has 1 heterocycles. The quantitative estimate of drug-likeness (QED) is 0.283. The van der Waals surface area contributed by atoms with Crippen LogP contribution in [0.3, 0.4) is 0 Å². The molecule has 1 saturated heterocycles. The van der Waals surface area contributed by atoms with Gasteiger partial charge in [-0.15, -0.1) is 24.0 Å². The average molecular weight is 499 g/mol. The summed E-state index contributed by atoms with van der Waals surface area (Å²) in [7, 11) is 1.65. The molecule has 0 atom stereocenters. The standard InChI is InChI=1S/C16H20Cl2N4O2.HI/c1-19-16(21-10-11-5-6-12(17)9-13(11)18)20-7-8-22-14(23)3-2-4-15(22)24;/h5-6,9H,2-4,7-8,10H2,1H3,(H2,19,20,21);1H. The van der Waals surface area contributed by atoms with E-state index in [1.54, 1.807) is 19.2 Å². The molecule has 0 radical (unpaired) electrons. The number of aliphatic imine (C=N–C) groups is 1. The zero-order valence-electron chi connectivity index (χ0n) is 13.8. The van der Waals surface area contributed by atoms with Gasteiger partial charge in [-0.3, -0.25) is 19.5 Å². The largest absolute Gasteiger partial charge is 0.355 e. The normalized spacial score (nSPS) is 15.0. The van der Waals surface area contributed by atoms with Crippen molar-refractivity contribution in [3.63, 3.8) is 0 Å². The number of guanidine groups is 1. The highest BCUT2D eigenvalue weighted by molar-refractivity contribution is 14.0. The Kier molecular flexibility index (Phi) is 9.52. The molecule has 0 aliphatic carbocycles. The molecular weight excluding hydrogens is 478 g/mol. The number of carbonyl (C=O) groups is 2. The van der Waals surface area contributed by atoms with Gasteiger partial charge < -0.3 is 10.6 Å². The third kappa shape index (κ3) is 6.63. The van der Waals surface area contributed by atoms with Crippen molar-refractivity contribution in [3.05, 3.63) is 33.8 Å². The summed E-state index contributed by atoms with van der Waals surface area (Å²) < 4.78 is 0. The van der Waals surface area contributed by atoms with E-state index in [2.05, 4.69) is 15.6 Å². The Bertz CT molecular complexity index is 639. The van der Waals surface area contributed by atoms with E-state index in [-0.39, 0.29) is 35.8 Å². The highest BCUT2D eigenvalue weighted by Gasteiger charge is 2.25. The molecule has 0 unspecified atom stereocenters. The number of hydrogen-bond donors (Lipinski definition) is 2. The summed E-state index contributed by atoms with van der Waals surface area (Å²) in [6.07, 6.45) is 1.52. The predicted octanol–water partition coefficient (Wildman–Crippen LogP) is 2.82. The maximum atomic E-state index is 11.7. The topological polar surface area (TPSA) is 73.8 Å². The molecule has 0 saturated carbocycles. The molecule has 1 aliphatic heterocycles. The van der Waals surface area contributed by atoms with Crippen LogP contribution in [0.15, 0.2) is 23.2 Å². The molecule has 0 spiro atoms. The SMILES string of the molecule is CN=C(NCCN1C(=O)CCCC1=O)NCc1ccc(Cl)cc1Cl.I. The maximum absolute atomic E-state index is 11.7. The van der Waals surface area contributed by atoms with E-state index in [0.29, 0.717) is 54.9 Å². The van der Waals surface area contributed by atoms with Crippen molar-refractivity contribution in [2.45, 2.75) is 25.8 Å². The number of benzene rings is 1. The van der Waals surface area contributed by atoms with Crippen LogP contribution in [-0.2, 0) is 16.1 Å². The van der Waals surface area contributed by atoms with Crippen molar-refractivity contribution >= 4 is 65.0 Å². The predicted molar refractivity (Wildman–Crippen MR) is 111 cm³/mol. The summed E-state index contributed by atoms with van der Waals surface area (Å²) in [4.78, 5) is 28.9. The van der Waals surface area contributed by atoms with Crippen LogP contribution in [0.5, 0.6) is 0 Å². The molecule has 0 aromatic heterocycles. The van der Waals surface area contributed by atoms with E-state index in [9.17, 15) is 9.59 Å². The lowest BCUT2D eigenvalue weighted by Crippen LogP contribution is -2.46. The number of carbonyl (C=O) groups excluding carboxylic acids is 2. The van der Waals surface area contributed by atoms with Gasteiger partial charge in [0.25, 0.3) is 0 Å². The van der Waals surface area contributed by atoms with E-state index < -0.39 is 0 Å². The molecule has 2 N–H and O–H groups in total. The Hall–Kier alpha value is -1.06. The number of nitrogens with one attached hydrogen (secondary N) is 2. The summed E-state index contributed by atoms with van der Waals surface area (Å²) >= 11 is 12.0. The van der Waals surface area contributed by atoms with Crippen molar-refractivity contribution < 1.29 is 9.59 Å². The zero-order valence-corrected chi connectivity index (χ0v) is 17.7. The number of amides is 2. The number of nitrogens with zero attached hydrogens (tertiary/aromatic N) is 2. The molecule has 25 heavy (non-hydrogen) atoms. The first-order chi connectivity index (χ1) is 11.5. The van der Waals surface area contributed by atoms with Crippen LogP contribution in [0.4, 0.5) is 0 Å². The molecule has 0 bridgehead atoms. The molecule has 1 aliphatic rings. The summed E-state index contributed by atoms with van der Waals surface area (Å²) in [5.74, 6) is 0.353. The van der Waals surface area contributed by atoms with Crippen molar-refractivity contribution in [1.82, 2.24) is 15.5 Å². The van der Waals surface area contributed by atoms with Gasteiger partial charge in [-0.25, -0.2) is 0 Å². The lowest BCUT2D eigenvalue weighted by Gasteiger charge is -2.25. The molecule has 1 fully saturated rings. The van der Waals surface area contributed by atoms with E-state index >= 15 is 0 Å². The first-order valence-corrected chi connectivity index (χ1v) is 8.48. The van der Waals surface area contributed by atoms with Crippen LogP contribution in [0.2, 0.25) is 10.0 Å². The number of likely N-dealkylation sites (tertiary alicyclic amines) is 1. The number of rotatable bonds is 5. The van der Waals surface area contributed by atoms with Gasteiger partial charge in [0.15, 0.2) is 5.96 Å². The Labute approximate surface area is 174 Å². The third-order valence-corrected chi connectivity index (χ3v) is 4.28. The van der Waals surface area contributed by atoms with Crippen molar-refractivity contribution in [2.24, 2.45) is 4.99 Å². The fraction of sp³-hybridized carbons (Fsp3) is 0.438. The molecule has 1 aromatic carbocycles. The maximum Gasteiger partial charge on any atom is 0.229 e. The highest BCUT2D eigenvalue weighted by atomic mass is 127. The van der Waals surface area contributed by atoms with Gasteiger partial charge in [0.1, 0.15) is 0 Å². The van der Waals surface area contributed by atoms with Crippen LogP contribution in [0, 0.1) is 0 Å². The minimum absolute atomic E-state index is 0. The van der Waals surface area contributed by atoms with Gasteiger partial charge >= 0.3 is 0 Å². The molecule has 6 nitrogen and oxygen atoms in total. The van der Waals surface area contributed by atoms with Gasteiger partial charge in [0.2, 0.25) is 11.8 Å². The molecule has 138 valence electrons. The van der Waals surface area contributed by atoms with E-state index in [1.165, 1.54) is 4.90 Å². The number of piperidine rings is 1. The van der Waals surface area contributed by atoms with Crippen molar-refractivity contribution in [2.75, 3.05) is 20.1 Å². The minimum atomic E-state index is -0.107. The molecule has 9 heteroatoms. The zero-order chi connectivity index (χ0) is 17.5. The van der Waals surface area contributed by atoms with Crippen LogP contribution in [0.1, 0.15) is 24.8 Å². The fourth-order valence-corrected chi connectivity index (χ4v) is 2.88. The Morgan fingerprint density at radius 2 is 1.88 bits per heavy atom. The van der Waals surface area contributed by atoms with Gasteiger partial charge in [-0.05, 0) is 24.1 Å². The van der Waals surface area contributed by atoms with Crippen LogP contribution >= 0.6 is 47.2 Å². The Morgan fingerprint density at radius 3 is 2.48 bits per heavy atom. The second kappa shape index (κ2) is 10.8. The van der Waals surface area contributed by atoms with Gasteiger partial charge in [-0.2, -0.15) is 0 Å². The summed E-state index contributed by atoms with van der Waals surface area (Å²) in [6, 6.07) is 5.30. The first kappa shape index (κ1) is 22.0. The van der Waals surface area contributed by atoms with Gasteiger partial charge in [0, 0.05) is 49.6 Å². The second-order valence-electron chi connectivity index (χ2n) is 5.38. The van der Waals surface area contributed by atoms with Crippen molar-refractivity contribution in [1.29, 1.82) is 0 Å². The number of imide groups is 1.